The summed E-state index contributed by atoms with van der Waals surface area (Å²) in [5, 5.41) is 14.4. The molecule has 1 atom stereocenters. The number of alkyl carbamates (subject to hydrolysis) is 1. The molecule has 35 heavy (non-hydrogen) atoms. The van der Waals surface area contributed by atoms with Gasteiger partial charge < -0.3 is 20.5 Å². The van der Waals surface area contributed by atoms with E-state index in [1.54, 1.807) is 0 Å². The summed E-state index contributed by atoms with van der Waals surface area (Å²) in [5.74, 6) is -2.50. The molecule has 0 aromatic heterocycles. The van der Waals surface area contributed by atoms with Crippen LogP contribution < -0.4 is 10.6 Å². The Balaban J connectivity index is 1.40. The fourth-order valence-electron chi connectivity index (χ4n) is 4.65. The predicted molar refractivity (Wildman–Crippen MR) is 129 cm³/mol. The van der Waals surface area contributed by atoms with E-state index >= 15 is 0 Å². The summed E-state index contributed by atoms with van der Waals surface area (Å²) in [6, 6.07) is 14.5. The highest BCUT2D eigenvalue weighted by Gasteiger charge is 2.47. The van der Waals surface area contributed by atoms with Crippen molar-refractivity contribution in [3.63, 3.8) is 0 Å². The number of sulfone groups is 1. The Morgan fingerprint density at radius 1 is 1.06 bits per heavy atom. The third kappa shape index (κ3) is 5.32. The van der Waals surface area contributed by atoms with Crippen LogP contribution in [0.15, 0.2) is 48.5 Å². The van der Waals surface area contributed by atoms with Gasteiger partial charge in [-0.05, 0) is 47.9 Å². The first-order valence-corrected chi connectivity index (χ1v) is 13.5. The van der Waals surface area contributed by atoms with Gasteiger partial charge in [0, 0.05) is 12.2 Å². The van der Waals surface area contributed by atoms with Crippen molar-refractivity contribution >= 4 is 27.8 Å². The van der Waals surface area contributed by atoms with Gasteiger partial charge in [0.1, 0.15) is 28.0 Å². The first-order valence-electron chi connectivity index (χ1n) is 11.4. The van der Waals surface area contributed by atoms with Crippen LogP contribution in [-0.4, -0.2) is 61.7 Å². The molecule has 10 heteroatoms. The van der Waals surface area contributed by atoms with Crippen molar-refractivity contribution in [3.8, 4) is 11.1 Å². The highest BCUT2D eigenvalue weighted by atomic mass is 32.2. The Hall–Kier alpha value is -3.40. The molecule has 2 aliphatic carbocycles. The number of carboxylic acids is 1. The van der Waals surface area contributed by atoms with Gasteiger partial charge in [-0.2, -0.15) is 0 Å². The van der Waals surface area contributed by atoms with Crippen LogP contribution in [0.4, 0.5) is 4.79 Å². The summed E-state index contributed by atoms with van der Waals surface area (Å²) < 4.78 is 28.4. The number of aliphatic carboxylic acids is 1. The van der Waals surface area contributed by atoms with Gasteiger partial charge in [-0.15, -0.1) is 0 Å². The van der Waals surface area contributed by atoms with Gasteiger partial charge >= 0.3 is 12.1 Å². The van der Waals surface area contributed by atoms with Gasteiger partial charge in [-0.3, -0.25) is 4.79 Å². The van der Waals surface area contributed by atoms with Crippen molar-refractivity contribution in [2.75, 3.05) is 18.6 Å². The van der Waals surface area contributed by atoms with Crippen LogP contribution in [0.25, 0.3) is 11.1 Å². The number of hydrogen-bond acceptors (Lipinski definition) is 6. The molecule has 1 unspecified atom stereocenters. The van der Waals surface area contributed by atoms with Gasteiger partial charge in [-0.1, -0.05) is 48.5 Å². The molecule has 0 bridgehead atoms. The van der Waals surface area contributed by atoms with E-state index in [-0.39, 0.29) is 24.7 Å². The Kier molecular flexibility index (Phi) is 6.84. The Morgan fingerprint density at radius 3 is 2.11 bits per heavy atom. The fraction of sp³-hybridized carbons (Fsp3) is 0.400. The lowest BCUT2D eigenvalue weighted by atomic mass is 9.76. The van der Waals surface area contributed by atoms with Gasteiger partial charge in [0.2, 0.25) is 5.91 Å². The number of rotatable bonds is 9. The summed E-state index contributed by atoms with van der Waals surface area (Å²) in [5.41, 5.74) is 3.04. The van der Waals surface area contributed by atoms with E-state index in [1.807, 2.05) is 48.5 Å². The molecule has 2 aromatic rings. The van der Waals surface area contributed by atoms with Crippen LogP contribution in [0.5, 0.6) is 0 Å². The number of nitrogens with one attached hydrogen (secondary N) is 2. The van der Waals surface area contributed by atoms with Crippen molar-refractivity contribution in [2.24, 2.45) is 0 Å². The summed E-state index contributed by atoms with van der Waals surface area (Å²) in [6.45, 7) is 0.0870. The highest BCUT2D eigenvalue weighted by molar-refractivity contribution is 7.90. The summed E-state index contributed by atoms with van der Waals surface area (Å²) >= 11 is 0. The van der Waals surface area contributed by atoms with E-state index < -0.39 is 39.4 Å². The normalized spacial score (nSPS) is 16.8. The lowest BCUT2D eigenvalue weighted by molar-refractivity contribution is -0.143. The number of amides is 2. The first-order chi connectivity index (χ1) is 16.6. The molecule has 2 amide bonds. The molecule has 0 aliphatic heterocycles. The number of carbonyl (C=O) groups excluding carboxylic acids is 2. The third-order valence-corrected chi connectivity index (χ3v) is 7.68. The molecule has 0 saturated heterocycles. The Labute approximate surface area is 203 Å². The van der Waals surface area contributed by atoms with E-state index in [4.69, 9.17) is 4.74 Å². The van der Waals surface area contributed by atoms with Crippen molar-refractivity contribution in [1.29, 1.82) is 0 Å². The van der Waals surface area contributed by atoms with Gasteiger partial charge in [0.25, 0.3) is 0 Å². The lowest BCUT2D eigenvalue weighted by Gasteiger charge is -2.40. The molecule has 1 saturated carbocycles. The molecule has 0 spiro atoms. The number of ether oxygens (including phenoxy) is 1. The maximum atomic E-state index is 12.9. The van der Waals surface area contributed by atoms with Crippen molar-refractivity contribution in [3.05, 3.63) is 59.7 Å². The zero-order chi connectivity index (χ0) is 25.2. The van der Waals surface area contributed by atoms with E-state index in [1.165, 1.54) is 0 Å². The molecular formula is C25H28N2O7S. The van der Waals surface area contributed by atoms with Crippen molar-refractivity contribution in [2.45, 2.75) is 43.2 Å². The standard InChI is InChI=1S/C25H28N2O7S/c1-35(32,33)14-11-21(22(28)29)26-23(30)25(12-6-13-25)27-24(31)34-15-20-18-9-4-2-7-16(18)17-8-3-5-10-19(17)20/h2-5,7-10,20-21H,6,11-15H2,1H3,(H,26,30)(H,27,31)(H,28,29). The maximum Gasteiger partial charge on any atom is 0.408 e. The minimum atomic E-state index is -3.40. The minimum Gasteiger partial charge on any atom is -0.480 e. The number of carbonyl (C=O) groups is 3. The Bertz CT molecular complexity index is 1210. The smallest absolute Gasteiger partial charge is 0.408 e. The summed E-state index contributed by atoms with van der Waals surface area (Å²) in [6.07, 6.45) is 1.33. The number of hydrogen-bond donors (Lipinski definition) is 3. The molecule has 2 aliphatic rings. The zero-order valence-corrected chi connectivity index (χ0v) is 20.1. The van der Waals surface area contributed by atoms with Gasteiger partial charge in [-0.25, -0.2) is 18.0 Å². The molecule has 9 nitrogen and oxygen atoms in total. The van der Waals surface area contributed by atoms with Crippen molar-refractivity contribution < 1.29 is 32.6 Å². The zero-order valence-electron chi connectivity index (χ0n) is 19.3. The molecule has 0 heterocycles. The number of fused-ring (bicyclic) bond motifs is 3. The van der Waals surface area contributed by atoms with Crippen LogP contribution in [-0.2, 0) is 24.2 Å². The minimum absolute atomic E-state index is 0.0870. The number of benzene rings is 2. The maximum absolute atomic E-state index is 12.9. The average molecular weight is 501 g/mol. The fourth-order valence-corrected chi connectivity index (χ4v) is 5.32. The molecule has 2 aromatic carbocycles. The third-order valence-electron chi connectivity index (χ3n) is 6.71. The van der Waals surface area contributed by atoms with Crippen LogP contribution >= 0.6 is 0 Å². The van der Waals surface area contributed by atoms with Gasteiger partial charge in [0.15, 0.2) is 0 Å². The van der Waals surface area contributed by atoms with Crippen LogP contribution in [0.2, 0.25) is 0 Å². The monoisotopic (exact) mass is 500 g/mol. The van der Waals surface area contributed by atoms with Gasteiger partial charge in [0.05, 0.1) is 5.75 Å². The van der Waals surface area contributed by atoms with E-state index in [0.717, 1.165) is 28.5 Å². The van der Waals surface area contributed by atoms with Crippen LogP contribution in [0.3, 0.4) is 0 Å². The van der Waals surface area contributed by atoms with Crippen LogP contribution in [0, 0.1) is 0 Å². The summed E-state index contributed by atoms with van der Waals surface area (Å²) in [7, 11) is -3.40. The molecule has 1 fully saturated rings. The van der Waals surface area contributed by atoms with Crippen molar-refractivity contribution in [1.82, 2.24) is 10.6 Å². The quantitative estimate of drug-likeness (QED) is 0.481. The molecule has 4 rings (SSSR count). The topological polar surface area (TPSA) is 139 Å². The Morgan fingerprint density at radius 2 is 1.63 bits per heavy atom. The van der Waals surface area contributed by atoms with Crippen LogP contribution in [0.1, 0.15) is 42.7 Å². The largest absolute Gasteiger partial charge is 0.480 e. The van der Waals surface area contributed by atoms with E-state index in [0.29, 0.717) is 19.3 Å². The molecular weight excluding hydrogens is 472 g/mol. The highest BCUT2D eigenvalue weighted by Crippen LogP contribution is 2.44. The average Bonchev–Trinajstić information content (AvgIpc) is 3.10. The SMILES string of the molecule is CS(=O)(=O)CCC(NC(=O)C1(NC(=O)OCC2c3ccccc3-c3ccccc32)CCC1)C(=O)O. The first kappa shape index (κ1) is 24.7. The second kappa shape index (κ2) is 9.69. The predicted octanol–water partition coefficient (Wildman–Crippen LogP) is 2.45. The second-order valence-electron chi connectivity index (χ2n) is 9.17. The number of carboxylic acid groups (broad SMARTS) is 1. The molecule has 186 valence electrons. The molecule has 0 radical (unpaired) electrons. The summed E-state index contributed by atoms with van der Waals surface area (Å²) in [4.78, 5) is 37.2. The lowest BCUT2D eigenvalue weighted by Crippen LogP contribution is -2.64. The van der Waals surface area contributed by atoms with E-state index in [2.05, 4.69) is 10.6 Å². The second-order valence-corrected chi connectivity index (χ2v) is 11.4. The van der Waals surface area contributed by atoms with E-state index in [9.17, 15) is 27.9 Å². The molecule has 3 N–H and O–H groups in total.